The molecule has 0 fully saturated rings. The number of esters is 1. The van der Waals surface area contributed by atoms with Gasteiger partial charge in [-0.05, 0) is 32.0 Å². The van der Waals surface area contributed by atoms with E-state index in [1.54, 1.807) is 24.4 Å². The number of benzene rings is 1. The molecule has 10 heteroatoms. The van der Waals surface area contributed by atoms with Crippen LogP contribution in [0.3, 0.4) is 0 Å². The predicted octanol–water partition coefficient (Wildman–Crippen LogP) is 2.40. The Morgan fingerprint density at radius 1 is 1.15 bits per heavy atom. The number of hydrogen-bond acceptors (Lipinski definition) is 5. The summed E-state index contributed by atoms with van der Waals surface area (Å²) in [7, 11) is 0. The van der Waals surface area contributed by atoms with Crippen LogP contribution in [0.1, 0.15) is 21.6 Å². The van der Waals surface area contributed by atoms with Crippen molar-refractivity contribution in [2.45, 2.75) is 20.0 Å². The molecule has 1 aromatic carbocycles. The quantitative estimate of drug-likeness (QED) is 0.791. The van der Waals surface area contributed by atoms with Crippen molar-refractivity contribution < 1.29 is 32.3 Å². The summed E-state index contributed by atoms with van der Waals surface area (Å²) in [6.45, 7) is 1.06. The summed E-state index contributed by atoms with van der Waals surface area (Å²) in [4.78, 5) is 39.1. The van der Waals surface area contributed by atoms with Crippen molar-refractivity contribution in [3.63, 3.8) is 0 Å². The molecule has 144 valence electrons. The molecule has 1 heterocycles. The van der Waals surface area contributed by atoms with Crippen molar-refractivity contribution in [1.82, 2.24) is 15.6 Å². The van der Waals surface area contributed by atoms with Crippen molar-refractivity contribution in [3.8, 4) is 0 Å². The number of ether oxygens (including phenoxy) is 1. The van der Waals surface area contributed by atoms with E-state index in [0.717, 1.165) is 5.56 Å². The summed E-state index contributed by atoms with van der Waals surface area (Å²) < 4.78 is 40.7. The second-order valence-electron chi connectivity index (χ2n) is 5.74. The van der Waals surface area contributed by atoms with E-state index in [4.69, 9.17) is 4.74 Å². The van der Waals surface area contributed by atoms with Gasteiger partial charge in [0.25, 0.3) is 5.91 Å². The van der Waals surface area contributed by atoms with E-state index in [2.05, 4.69) is 4.98 Å². The Morgan fingerprint density at radius 2 is 1.85 bits per heavy atom. The maximum absolute atomic E-state index is 12.2. The monoisotopic (exact) mass is 383 g/mol. The summed E-state index contributed by atoms with van der Waals surface area (Å²) in [6, 6.07) is 5.74. The Morgan fingerprint density at radius 3 is 2.52 bits per heavy atom. The highest BCUT2D eigenvalue weighted by atomic mass is 19.4. The van der Waals surface area contributed by atoms with Gasteiger partial charge in [-0.1, -0.05) is 11.6 Å². The first-order valence-electron chi connectivity index (χ1n) is 7.75. The molecule has 0 unspecified atom stereocenters. The van der Waals surface area contributed by atoms with Gasteiger partial charge in [0.05, 0.1) is 16.8 Å². The van der Waals surface area contributed by atoms with Gasteiger partial charge in [-0.3, -0.25) is 15.1 Å². The third-order valence-corrected chi connectivity index (χ3v) is 3.42. The van der Waals surface area contributed by atoms with Gasteiger partial charge < -0.3 is 10.1 Å². The molecule has 0 radical (unpaired) electrons. The number of fused-ring (bicyclic) bond motifs is 1. The summed E-state index contributed by atoms with van der Waals surface area (Å²) in [5.74, 6) is -1.90. The number of hydrogen-bond donors (Lipinski definition) is 2. The highest BCUT2D eigenvalue weighted by Gasteiger charge is 2.28. The average Bonchev–Trinajstić information content (AvgIpc) is 2.57. The first kappa shape index (κ1) is 20.1. The van der Waals surface area contributed by atoms with Gasteiger partial charge in [0, 0.05) is 5.39 Å². The van der Waals surface area contributed by atoms with Crippen molar-refractivity contribution in [2.24, 2.45) is 0 Å². The summed E-state index contributed by atoms with van der Waals surface area (Å²) in [6.07, 6.45) is -4.61. The van der Waals surface area contributed by atoms with Crippen molar-refractivity contribution >= 4 is 28.8 Å². The lowest BCUT2D eigenvalue weighted by Gasteiger charge is -2.10. The van der Waals surface area contributed by atoms with Crippen molar-refractivity contribution in [1.29, 1.82) is 0 Å². The van der Waals surface area contributed by atoms with Gasteiger partial charge in [-0.25, -0.2) is 9.59 Å². The van der Waals surface area contributed by atoms with E-state index < -0.39 is 37.2 Å². The Labute approximate surface area is 151 Å². The van der Waals surface area contributed by atoms with Crippen LogP contribution in [0.4, 0.5) is 18.0 Å². The number of alkyl halides is 3. The number of nitrogens with one attached hydrogen (secondary N) is 2. The topological polar surface area (TPSA) is 97.4 Å². The van der Waals surface area contributed by atoms with Gasteiger partial charge in [0.15, 0.2) is 6.61 Å². The van der Waals surface area contributed by atoms with Gasteiger partial charge in [-0.2, -0.15) is 13.2 Å². The number of amides is 3. The standard InChI is InChI=1S/C17H16F3N3O4/c1-9-3-4-13-11(5-9)6-12(10(2)22-13)15(25)27-7-14(24)23-16(26)21-8-17(18,19)20/h3-6H,7-8H2,1-2H3,(H2,21,23,24,26). The minimum Gasteiger partial charge on any atom is -0.452 e. The van der Waals surface area contributed by atoms with Crippen LogP contribution in [0.5, 0.6) is 0 Å². The zero-order chi connectivity index (χ0) is 20.2. The Kier molecular flexibility index (Phi) is 5.98. The summed E-state index contributed by atoms with van der Waals surface area (Å²) in [5.41, 5.74) is 2.19. The van der Waals surface area contributed by atoms with Crippen LogP contribution in [-0.2, 0) is 9.53 Å². The van der Waals surface area contributed by atoms with Crippen LogP contribution in [0.15, 0.2) is 24.3 Å². The summed E-state index contributed by atoms with van der Waals surface area (Å²) in [5, 5.41) is 3.80. The smallest absolute Gasteiger partial charge is 0.405 e. The zero-order valence-corrected chi connectivity index (χ0v) is 14.4. The normalized spacial score (nSPS) is 11.1. The lowest BCUT2D eigenvalue weighted by atomic mass is 10.1. The maximum Gasteiger partial charge on any atom is 0.405 e. The van der Waals surface area contributed by atoms with E-state index in [1.165, 1.54) is 5.32 Å². The molecule has 0 aliphatic rings. The molecule has 0 spiro atoms. The summed E-state index contributed by atoms with van der Waals surface area (Å²) >= 11 is 0. The van der Waals surface area contributed by atoms with Crippen LogP contribution in [0, 0.1) is 13.8 Å². The highest BCUT2D eigenvalue weighted by Crippen LogP contribution is 2.18. The van der Waals surface area contributed by atoms with E-state index >= 15 is 0 Å². The van der Waals surface area contributed by atoms with Gasteiger partial charge >= 0.3 is 18.2 Å². The number of aryl methyl sites for hydroxylation is 2. The molecule has 3 amide bonds. The van der Waals surface area contributed by atoms with Gasteiger partial charge in [0.1, 0.15) is 6.54 Å². The van der Waals surface area contributed by atoms with E-state index in [-0.39, 0.29) is 5.56 Å². The van der Waals surface area contributed by atoms with Gasteiger partial charge in [0.2, 0.25) is 0 Å². The van der Waals surface area contributed by atoms with Crippen molar-refractivity contribution in [2.75, 3.05) is 13.2 Å². The molecule has 0 aliphatic heterocycles. The molecule has 0 aliphatic carbocycles. The third-order valence-electron chi connectivity index (χ3n) is 3.42. The van der Waals surface area contributed by atoms with E-state index in [9.17, 15) is 27.6 Å². The molecule has 0 bridgehead atoms. The number of carbonyl (C=O) groups excluding carboxylic acids is 3. The highest BCUT2D eigenvalue weighted by molar-refractivity contribution is 5.98. The molecule has 2 aromatic rings. The van der Waals surface area contributed by atoms with Crippen LogP contribution in [0.25, 0.3) is 10.9 Å². The number of urea groups is 1. The molecule has 2 N–H and O–H groups in total. The fraction of sp³-hybridized carbons (Fsp3) is 0.294. The fourth-order valence-corrected chi connectivity index (χ4v) is 2.20. The number of halogens is 3. The second kappa shape index (κ2) is 8.02. The molecular weight excluding hydrogens is 367 g/mol. The largest absolute Gasteiger partial charge is 0.452 e. The van der Waals surface area contributed by atoms with Gasteiger partial charge in [-0.15, -0.1) is 0 Å². The first-order valence-corrected chi connectivity index (χ1v) is 7.75. The first-order chi connectivity index (χ1) is 12.5. The SMILES string of the molecule is Cc1ccc2nc(C)c(C(=O)OCC(=O)NC(=O)NCC(F)(F)F)cc2c1. The molecule has 0 saturated heterocycles. The number of imide groups is 1. The zero-order valence-electron chi connectivity index (χ0n) is 14.4. The fourth-order valence-electron chi connectivity index (χ4n) is 2.20. The minimum absolute atomic E-state index is 0.141. The Bertz CT molecular complexity index is 897. The number of nitrogens with zero attached hydrogens (tertiary/aromatic N) is 1. The predicted molar refractivity (Wildman–Crippen MR) is 89.1 cm³/mol. The van der Waals surface area contributed by atoms with Crippen LogP contribution in [-0.4, -0.2) is 42.2 Å². The molecule has 0 atom stereocenters. The number of pyridine rings is 1. The van der Waals surface area contributed by atoms with Crippen LogP contribution in [0.2, 0.25) is 0 Å². The number of rotatable bonds is 4. The van der Waals surface area contributed by atoms with E-state index in [1.807, 2.05) is 19.1 Å². The lowest BCUT2D eigenvalue weighted by Crippen LogP contribution is -2.44. The second-order valence-corrected chi connectivity index (χ2v) is 5.74. The average molecular weight is 383 g/mol. The molecule has 1 aromatic heterocycles. The lowest BCUT2D eigenvalue weighted by molar-refractivity contribution is -0.125. The minimum atomic E-state index is -4.61. The molecule has 0 saturated carbocycles. The number of aromatic nitrogens is 1. The van der Waals surface area contributed by atoms with Crippen LogP contribution < -0.4 is 10.6 Å². The Hall–Kier alpha value is -3.17. The molecule has 7 nitrogen and oxygen atoms in total. The van der Waals surface area contributed by atoms with Crippen LogP contribution >= 0.6 is 0 Å². The Balaban J connectivity index is 1.95. The molecular formula is C17H16F3N3O4. The van der Waals surface area contributed by atoms with Crippen molar-refractivity contribution in [3.05, 3.63) is 41.1 Å². The molecule has 2 rings (SSSR count). The van der Waals surface area contributed by atoms with E-state index in [0.29, 0.717) is 16.6 Å². The number of carbonyl (C=O) groups is 3. The maximum atomic E-state index is 12.2. The molecule has 27 heavy (non-hydrogen) atoms. The third kappa shape index (κ3) is 5.94.